The first-order valence-electron chi connectivity index (χ1n) is 8.00. The van der Waals surface area contributed by atoms with Gasteiger partial charge in [-0.25, -0.2) is 4.98 Å². The van der Waals surface area contributed by atoms with Gasteiger partial charge in [0.15, 0.2) is 0 Å². The highest BCUT2D eigenvalue weighted by Crippen LogP contribution is 2.34. The van der Waals surface area contributed by atoms with Crippen molar-refractivity contribution in [2.24, 2.45) is 10.2 Å². The van der Waals surface area contributed by atoms with Gasteiger partial charge in [0.25, 0.3) is 0 Å². The molecular formula is C18H15Cl2N5S. The third-order valence-electron chi connectivity index (χ3n) is 3.76. The van der Waals surface area contributed by atoms with Crippen LogP contribution < -0.4 is 4.90 Å². The summed E-state index contributed by atoms with van der Waals surface area (Å²) in [7, 11) is 0. The summed E-state index contributed by atoms with van der Waals surface area (Å²) in [4.78, 5) is 6.54. The number of benzene rings is 2. The van der Waals surface area contributed by atoms with Gasteiger partial charge in [-0.2, -0.15) is 5.26 Å². The van der Waals surface area contributed by atoms with Gasteiger partial charge in [-0.3, -0.25) is 0 Å². The molecule has 0 amide bonds. The predicted octanol–water partition coefficient (Wildman–Crippen LogP) is 6.76. The van der Waals surface area contributed by atoms with Crippen LogP contribution >= 0.6 is 34.5 Å². The predicted molar refractivity (Wildman–Crippen MR) is 108 cm³/mol. The summed E-state index contributed by atoms with van der Waals surface area (Å²) < 4.78 is 0.916. The first kappa shape index (κ1) is 18.6. The normalized spacial score (nSPS) is 11.2. The van der Waals surface area contributed by atoms with E-state index in [0.29, 0.717) is 28.1 Å². The molecule has 0 bridgehead atoms. The van der Waals surface area contributed by atoms with Crippen molar-refractivity contribution < 1.29 is 0 Å². The lowest BCUT2D eigenvalue weighted by molar-refractivity contribution is 0.827. The van der Waals surface area contributed by atoms with E-state index in [4.69, 9.17) is 28.5 Å². The van der Waals surface area contributed by atoms with E-state index in [0.717, 1.165) is 28.1 Å². The molecule has 1 aromatic heterocycles. The van der Waals surface area contributed by atoms with Crippen molar-refractivity contribution in [3.63, 3.8) is 0 Å². The maximum Gasteiger partial charge on any atom is 0.231 e. The summed E-state index contributed by atoms with van der Waals surface area (Å²) in [5, 5.41) is 18.7. The molecule has 0 atom stereocenters. The van der Waals surface area contributed by atoms with Gasteiger partial charge in [0.2, 0.25) is 5.13 Å². The average molecular weight is 404 g/mol. The number of nitrogens with zero attached hydrogens (tertiary/aromatic N) is 5. The van der Waals surface area contributed by atoms with Crippen molar-refractivity contribution in [2.45, 2.75) is 13.3 Å². The lowest BCUT2D eigenvalue weighted by Crippen LogP contribution is -2.23. The highest BCUT2D eigenvalue weighted by molar-refractivity contribution is 7.22. The SMILES string of the molecule is CCN(CCC#N)c1ccc(N=Nc2nc3cc(Cl)c(Cl)cc3s2)cc1. The number of anilines is 1. The first-order valence-corrected chi connectivity index (χ1v) is 9.57. The van der Waals surface area contributed by atoms with Crippen LogP contribution in [0.15, 0.2) is 46.6 Å². The number of fused-ring (bicyclic) bond motifs is 1. The van der Waals surface area contributed by atoms with Gasteiger partial charge in [0.05, 0.1) is 38.4 Å². The van der Waals surface area contributed by atoms with Gasteiger partial charge in [-0.05, 0) is 43.3 Å². The van der Waals surface area contributed by atoms with E-state index in [1.165, 1.54) is 11.3 Å². The monoisotopic (exact) mass is 403 g/mol. The standard InChI is InChI=1S/C18H15Cl2N5S/c1-2-25(9-3-8-21)13-6-4-12(5-7-13)23-24-18-22-16-10-14(19)15(20)11-17(16)26-18/h4-7,10-11H,2-3,9H2,1H3. The van der Waals surface area contributed by atoms with Gasteiger partial charge < -0.3 is 4.90 Å². The van der Waals surface area contributed by atoms with E-state index in [1.54, 1.807) is 12.1 Å². The summed E-state index contributed by atoms with van der Waals surface area (Å²) in [6.07, 6.45) is 0.501. The van der Waals surface area contributed by atoms with Crippen molar-refractivity contribution in [1.29, 1.82) is 5.26 Å². The third-order valence-corrected chi connectivity index (χ3v) is 5.38. The minimum atomic E-state index is 0.473. The molecule has 0 aliphatic heterocycles. The molecule has 0 unspecified atom stereocenters. The Balaban J connectivity index is 1.75. The number of hydrogen-bond donors (Lipinski definition) is 0. The summed E-state index contributed by atoms with van der Waals surface area (Å²) in [6.45, 7) is 3.63. The highest BCUT2D eigenvalue weighted by atomic mass is 35.5. The van der Waals surface area contributed by atoms with Crippen LogP contribution in [0.5, 0.6) is 0 Å². The van der Waals surface area contributed by atoms with Crippen molar-refractivity contribution in [2.75, 3.05) is 18.0 Å². The first-order chi connectivity index (χ1) is 12.6. The Morgan fingerprint density at radius 3 is 2.58 bits per heavy atom. The number of thiazole rings is 1. The van der Waals surface area contributed by atoms with E-state index in [-0.39, 0.29) is 0 Å². The molecule has 3 aromatic rings. The highest BCUT2D eigenvalue weighted by Gasteiger charge is 2.07. The Kier molecular flexibility index (Phi) is 6.04. The fraction of sp³-hybridized carbons (Fsp3) is 0.222. The summed E-state index contributed by atoms with van der Waals surface area (Å²) in [5.74, 6) is 0. The Bertz CT molecular complexity index is 937. The second-order valence-electron chi connectivity index (χ2n) is 5.43. The lowest BCUT2D eigenvalue weighted by Gasteiger charge is -2.21. The summed E-state index contributed by atoms with van der Waals surface area (Å²) >= 11 is 13.4. The van der Waals surface area contributed by atoms with Gasteiger partial charge in [0, 0.05) is 18.8 Å². The van der Waals surface area contributed by atoms with E-state index in [1.807, 2.05) is 24.3 Å². The number of aromatic nitrogens is 1. The molecule has 2 aromatic carbocycles. The van der Waals surface area contributed by atoms with Crippen LogP contribution in [0.2, 0.25) is 10.0 Å². The fourth-order valence-electron chi connectivity index (χ4n) is 2.44. The molecular weight excluding hydrogens is 389 g/mol. The minimum Gasteiger partial charge on any atom is -0.371 e. The Labute approximate surface area is 165 Å². The van der Waals surface area contributed by atoms with Crippen LogP contribution in [-0.2, 0) is 0 Å². The molecule has 132 valence electrons. The fourth-order valence-corrected chi connectivity index (χ4v) is 3.63. The zero-order valence-electron chi connectivity index (χ0n) is 14.0. The number of nitriles is 1. The molecule has 0 aliphatic rings. The molecule has 0 spiro atoms. The van der Waals surface area contributed by atoms with E-state index < -0.39 is 0 Å². The quantitative estimate of drug-likeness (QED) is 0.427. The number of hydrogen-bond acceptors (Lipinski definition) is 6. The van der Waals surface area contributed by atoms with Crippen molar-refractivity contribution >= 4 is 61.3 Å². The number of azo groups is 1. The third kappa shape index (κ3) is 4.31. The molecule has 26 heavy (non-hydrogen) atoms. The van der Waals surface area contributed by atoms with Gasteiger partial charge in [0.1, 0.15) is 0 Å². The van der Waals surface area contributed by atoms with Crippen LogP contribution in [0, 0.1) is 11.3 Å². The van der Waals surface area contributed by atoms with E-state index in [9.17, 15) is 0 Å². The van der Waals surface area contributed by atoms with Gasteiger partial charge in [-0.1, -0.05) is 34.5 Å². The topological polar surface area (TPSA) is 64.6 Å². The molecule has 1 heterocycles. The second kappa shape index (κ2) is 8.45. The zero-order chi connectivity index (χ0) is 18.5. The molecule has 0 N–H and O–H groups in total. The van der Waals surface area contributed by atoms with Gasteiger partial charge in [-0.15, -0.1) is 10.2 Å². The van der Waals surface area contributed by atoms with Crippen molar-refractivity contribution in [3.8, 4) is 6.07 Å². The molecule has 0 saturated heterocycles. The molecule has 5 nitrogen and oxygen atoms in total. The van der Waals surface area contributed by atoms with E-state index in [2.05, 4.69) is 33.1 Å². The van der Waals surface area contributed by atoms with Crippen molar-refractivity contribution in [1.82, 2.24) is 4.98 Å². The smallest absolute Gasteiger partial charge is 0.231 e. The molecule has 0 aliphatic carbocycles. The lowest BCUT2D eigenvalue weighted by atomic mass is 10.2. The van der Waals surface area contributed by atoms with Crippen molar-refractivity contribution in [3.05, 3.63) is 46.4 Å². The van der Waals surface area contributed by atoms with Crippen LogP contribution in [0.4, 0.5) is 16.5 Å². The molecule has 0 saturated carbocycles. The number of halogens is 2. The van der Waals surface area contributed by atoms with Crippen LogP contribution in [0.3, 0.4) is 0 Å². The maximum absolute atomic E-state index is 8.74. The average Bonchev–Trinajstić information content (AvgIpc) is 3.03. The number of rotatable bonds is 6. The molecule has 0 fully saturated rings. The summed E-state index contributed by atoms with van der Waals surface area (Å²) in [6, 6.07) is 13.4. The Hall–Kier alpha value is -2.20. The molecule has 8 heteroatoms. The molecule has 0 radical (unpaired) electrons. The largest absolute Gasteiger partial charge is 0.371 e. The van der Waals surface area contributed by atoms with Crippen LogP contribution in [-0.4, -0.2) is 18.1 Å². The van der Waals surface area contributed by atoms with Crippen LogP contribution in [0.1, 0.15) is 13.3 Å². The molecule has 3 rings (SSSR count). The zero-order valence-corrected chi connectivity index (χ0v) is 16.3. The van der Waals surface area contributed by atoms with Gasteiger partial charge >= 0.3 is 0 Å². The maximum atomic E-state index is 8.74. The summed E-state index contributed by atoms with van der Waals surface area (Å²) in [5.41, 5.74) is 2.55. The Morgan fingerprint density at radius 1 is 1.15 bits per heavy atom. The van der Waals surface area contributed by atoms with Crippen LogP contribution in [0.25, 0.3) is 10.2 Å². The second-order valence-corrected chi connectivity index (χ2v) is 7.26. The Morgan fingerprint density at radius 2 is 1.88 bits per heavy atom. The minimum absolute atomic E-state index is 0.473. The van der Waals surface area contributed by atoms with E-state index >= 15 is 0 Å².